The molecule has 5 atom stereocenters. The predicted octanol–water partition coefficient (Wildman–Crippen LogP) is 5.12. The molecule has 0 radical (unpaired) electrons. The minimum Gasteiger partial charge on any atom is -0.470 e. The van der Waals surface area contributed by atoms with E-state index >= 15 is 0 Å². The number of nitrogens with zero attached hydrogens (tertiary/aromatic N) is 3. The van der Waals surface area contributed by atoms with E-state index in [4.69, 9.17) is 9.15 Å². The number of amides is 3. The van der Waals surface area contributed by atoms with Crippen molar-refractivity contribution in [2.24, 2.45) is 5.92 Å². The lowest BCUT2D eigenvalue weighted by molar-refractivity contribution is -0.140. The van der Waals surface area contributed by atoms with Crippen LogP contribution in [0.25, 0.3) is 33.5 Å². The molecule has 3 N–H and O–H groups in total. The van der Waals surface area contributed by atoms with Crippen LogP contribution in [0.4, 0.5) is 18.9 Å². The van der Waals surface area contributed by atoms with Crippen molar-refractivity contribution in [3.63, 3.8) is 0 Å². The van der Waals surface area contributed by atoms with Gasteiger partial charge in [0.1, 0.15) is 34.8 Å². The maximum atomic E-state index is 14.3. The molecular formula is C40H35F3N6O7S. The SMILES string of the molecule is C=C[C@@H]1C[C@]1(NC(=O)[C@@H]1C[C@@H](Oc2nc(-c3ccc(C(F)(F)F)cc3)nc3c2oc2ccccc23)CN1C(=O)[C@@H]1Cc2ccccc2N1)C(=O)NS(=O)(=O)C1CC1. The Morgan fingerprint density at radius 2 is 1.75 bits per heavy atom. The van der Waals surface area contributed by atoms with E-state index in [1.807, 2.05) is 24.3 Å². The van der Waals surface area contributed by atoms with Crippen molar-refractivity contribution in [2.45, 2.75) is 67.3 Å². The Morgan fingerprint density at radius 3 is 2.46 bits per heavy atom. The Kier molecular flexibility index (Phi) is 8.56. The number of furan rings is 1. The smallest absolute Gasteiger partial charge is 0.416 e. The lowest BCUT2D eigenvalue weighted by Gasteiger charge is -2.28. The van der Waals surface area contributed by atoms with Crippen LogP contribution in [0.5, 0.6) is 5.88 Å². The van der Waals surface area contributed by atoms with Gasteiger partial charge >= 0.3 is 6.18 Å². The molecule has 9 rings (SSSR count). The van der Waals surface area contributed by atoms with Crippen LogP contribution in [-0.4, -0.2) is 76.5 Å². The van der Waals surface area contributed by atoms with Crippen molar-refractivity contribution in [2.75, 3.05) is 11.9 Å². The maximum Gasteiger partial charge on any atom is 0.416 e. The molecule has 3 amide bonds. The number of para-hydroxylation sites is 2. The van der Waals surface area contributed by atoms with Crippen LogP contribution >= 0.6 is 0 Å². The molecular weight excluding hydrogens is 766 g/mol. The summed E-state index contributed by atoms with van der Waals surface area (Å²) in [5.41, 5.74) is 0.519. The zero-order chi connectivity index (χ0) is 39.9. The number of fused-ring (bicyclic) bond motifs is 4. The minimum atomic E-state index is -4.55. The predicted molar refractivity (Wildman–Crippen MR) is 201 cm³/mol. The van der Waals surface area contributed by atoms with Crippen molar-refractivity contribution in [3.05, 3.63) is 96.6 Å². The average molecular weight is 801 g/mol. The molecule has 4 aliphatic rings. The molecule has 2 saturated carbocycles. The summed E-state index contributed by atoms with van der Waals surface area (Å²) in [7, 11) is -3.93. The van der Waals surface area contributed by atoms with Gasteiger partial charge < -0.3 is 24.7 Å². The van der Waals surface area contributed by atoms with E-state index in [-0.39, 0.29) is 42.2 Å². The highest BCUT2D eigenvalue weighted by Crippen LogP contribution is 2.46. The number of benzene rings is 3. The van der Waals surface area contributed by atoms with Crippen molar-refractivity contribution in [1.82, 2.24) is 24.9 Å². The quantitative estimate of drug-likeness (QED) is 0.161. The molecule has 0 spiro atoms. The van der Waals surface area contributed by atoms with E-state index in [2.05, 4.69) is 31.9 Å². The first-order valence-electron chi connectivity index (χ1n) is 18.4. The number of sulfonamides is 1. The van der Waals surface area contributed by atoms with Crippen LogP contribution in [0.1, 0.15) is 36.8 Å². The molecule has 0 unspecified atom stereocenters. The fourth-order valence-corrected chi connectivity index (χ4v) is 9.15. The molecule has 2 aliphatic heterocycles. The van der Waals surface area contributed by atoms with E-state index in [1.54, 1.807) is 24.3 Å². The lowest BCUT2D eigenvalue weighted by Crippen LogP contribution is -2.57. The second kappa shape index (κ2) is 13.3. The van der Waals surface area contributed by atoms with Crippen LogP contribution < -0.4 is 20.1 Å². The highest BCUT2D eigenvalue weighted by Gasteiger charge is 2.62. The fraction of sp³-hybridized carbons (Fsp3) is 0.325. The largest absolute Gasteiger partial charge is 0.470 e. The molecule has 294 valence electrons. The summed E-state index contributed by atoms with van der Waals surface area (Å²) in [4.78, 5) is 52.8. The second-order valence-corrected chi connectivity index (χ2v) is 16.9. The summed E-state index contributed by atoms with van der Waals surface area (Å²) in [6.07, 6.45) is -2.65. The van der Waals surface area contributed by atoms with E-state index in [1.165, 1.54) is 23.1 Å². The number of ether oxygens (including phenoxy) is 1. The van der Waals surface area contributed by atoms with E-state index in [0.717, 1.165) is 23.4 Å². The molecule has 1 saturated heterocycles. The van der Waals surface area contributed by atoms with Crippen LogP contribution in [0.2, 0.25) is 0 Å². The Labute approximate surface area is 323 Å². The second-order valence-electron chi connectivity index (χ2n) is 14.9. The van der Waals surface area contributed by atoms with Gasteiger partial charge in [-0.15, -0.1) is 6.58 Å². The number of likely N-dealkylation sites (tertiary alicyclic amines) is 1. The van der Waals surface area contributed by atoms with Crippen LogP contribution in [-0.2, 0) is 37.0 Å². The summed E-state index contributed by atoms with van der Waals surface area (Å²) in [5, 5.41) is 5.96. The Hall–Kier alpha value is -5.97. The molecule has 13 nitrogen and oxygen atoms in total. The van der Waals surface area contributed by atoms with Crippen molar-refractivity contribution >= 4 is 55.5 Å². The summed E-state index contributed by atoms with van der Waals surface area (Å²) in [5.74, 6) is -2.49. The highest BCUT2D eigenvalue weighted by atomic mass is 32.2. The Balaban J connectivity index is 1.04. The number of rotatable bonds is 10. The Bertz CT molecular complexity index is 2570. The van der Waals surface area contributed by atoms with Crippen molar-refractivity contribution < 1.29 is 45.1 Å². The number of carbonyl (C=O) groups excluding carboxylic acids is 3. The van der Waals surface area contributed by atoms with E-state index in [9.17, 15) is 36.0 Å². The van der Waals surface area contributed by atoms with Gasteiger partial charge in [0, 0.05) is 35.4 Å². The fourth-order valence-electron chi connectivity index (χ4n) is 7.78. The molecule has 3 aromatic carbocycles. The monoisotopic (exact) mass is 800 g/mol. The van der Waals surface area contributed by atoms with E-state index < -0.39 is 74.4 Å². The number of anilines is 1. The van der Waals surface area contributed by atoms with Crippen molar-refractivity contribution in [3.8, 4) is 17.3 Å². The van der Waals surface area contributed by atoms with Crippen LogP contribution in [0.15, 0.2) is 89.9 Å². The minimum absolute atomic E-state index is 0.0500. The maximum absolute atomic E-state index is 14.3. The molecule has 2 aliphatic carbocycles. The molecule has 4 heterocycles. The molecule has 2 aromatic heterocycles. The first kappa shape index (κ1) is 36.7. The van der Waals surface area contributed by atoms with Gasteiger partial charge in [0.15, 0.2) is 5.82 Å². The van der Waals surface area contributed by atoms with Gasteiger partial charge in [-0.25, -0.2) is 13.4 Å². The van der Waals surface area contributed by atoms with Crippen LogP contribution in [0.3, 0.4) is 0 Å². The molecule has 17 heteroatoms. The normalized spacial score (nSPS) is 24.2. The molecule has 3 fully saturated rings. The lowest BCUT2D eigenvalue weighted by atomic mass is 10.1. The van der Waals surface area contributed by atoms with Gasteiger partial charge in [0.2, 0.25) is 27.4 Å². The van der Waals surface area contributed by atoms with Gasteiger partial charge in [-0.05, 0) is 55.2 Å². The zero-order valence-corrected chi connectivity index (χ0v) is 30.9. The number of aromatic nitrogens is 2. The summed E-state index contributed by atoms with van der Waals surface area (Å²) < 4.78 is 80.4. The average Bonchev–Trinajstić information content (AvgIpc) is 4.03. The first-order valence-corrected chi connectivity index (χ1v) is 20.0. The van der Waals surface area contributed by atoms with Gasteiger partial charge in [-0.3, -0.25) is 19.1 Å². The standard InChI is InChI=1S/C40H35F3N6O7S/c1-2-23-19-39(23,38(52)48-57(53,54)26-15-16-26)47-35(50)30-18-25(20-49(30)37(51)29-17-22-7-3-5-9-28(22)44-29)55-36-33-32(27-8-4-6-10-31(27)56-33)45-34(46-36)21-11-13-24(14-12-21)40(41,42)43/h2-14,23,25-26,29-30,44H,1,15-20H2,(H,47,50)(H,48,52)/t23-,25-,29+,30+,39-/m1/s1. The zero-order valence-electron chi connectivity index (χ0n) is 30.1. The summed E-state index contributed by atoms with van der Waals surface area (Å²) >= 11 is 0. The Morgan fingerprint density at radius 1 is 1.02 bits per heavy atom. The van der Waals surface area contributed by atoms with Gasteiger partial charge in [0.25, 0.3) is 11.8 Å². The number of nitrogens with one attached hydrogen (secondary N) is 3. The number of carbonyl (C=O) groups is 3. The molecule has 0 bridgehead atoms. The van der Waals surface area contributed by atoms with Gasteiger partial charge in [0.05, 0.1) is 17.4 Å². The third kappa shape index (κ3) is 6.62. The number of alkyl halides is 3. The summed E-state index contributed by atoms with van der Waals surface area (Å²) in [6, 6.07) is 17.0. The molecule has 5 aromatic rings. The van der Waals surface area contributed by atoms with Gasteiger partial charge in [-0.2, -0.15) is 18.2 Å². The number of hydrogen-bond donors (Lipinski definition) is 3. The highest BCUT2D eigenvalue weighted by molar-refractivity contribution is 7.91. The number of hydrogen-bond acceptors (Lipinski definition) is 10. The summed E-state index contributed by atoms with van der Waals surface area (Å²) in [6.45, 7) is 3.67. The molecule has 57 heavy (non-hydrogen) atoms. The number of halogens is 3. The first-order chi connectivity index (χ1) is 27.2. The van der Waals surface area contributed by atoms with Gasteiger partial charge in [-0.1, -0.05) is 48.5 Å². The van der Waals surface area contributed by atoms with E-state index in [0.29, 0.717) is 35.7 Å². The third-order valence-corrected chi connectivity index (χ3v) is 12.9. The van der Waals surface area contributed by atoms with Crippen molar-refractivity contribution in [1.29, 1.82) is 0 Å². The third-order valence-electron chi connectivity index (χ3n) is 11.1. The topological polar surface area (TPSA) is 173 Å². The van der Waals surface area contributed by atoms with Crippen LogP contribution in [0, 0.1) is 5.92 Å².